The zero-order valence-electron chi connectivity index (χ0n) is 11.1. The van der Waals surface area contributed by atoms with Crippen LogP contribution < -0.4 is 10.2 Å². The van der Waals surface area contributed by atoms with E-state index in [2.05, 4.69) is 48.1 Å². The lowest BCUT2D eigenvalue weighted by molar-refractivity contribution is 0.583. The zero-order chi connectivity index (χ0) is 12.3. The van der Waals surface area contributed by atoms with E-state index < -0.39 is 0 Å². The molecule has 1 aromatic rings. The monoisotopic (exact) mass is 233 g/mol. The van der Waals surface area contributed by atoms with Crippen molar-refractivity contribution in [3.63, 3.8) is 0 Å². The highest BCUT2D eigenvalue weighted by atomic mass is 15.2. The summed E-state index contributed by atoms with van der Waals surface area (Å²) in [4.78, 5) is 7.03. The summed E-state index contributed by atoms with van der Waals surface area (Å²) < 4.78 is 0. The molecule has 3 heteroatoms. The van der Waals surface area contributed by atoms with Gasteiger partial charge < -0.3 is 10.2 Å². The largest absolute Gasteiger partial charge is 0.368 e. The summed E-state index contributed by atoms with van der Waals surface area (Å²) in [6, 6.07) is 5.45. The van der Waals surface area contributed by atoms with Crippen LogP contribution in [0.2, 0.25) is 0 Å². The molecule has 2 rings (SSSR count). The molecule has 1 aromatic heterocycles. The fourth-order valence-corrected chi connectivity index (χ4v) is 2.27. The molecule has 94 valence electrons. The summed E-state index contributed by atoms with van der Waals surface area (Å²) in [5.74, 6) is 0. The molecule has 1 aliphatic rings. The molecule has 1 aliphatic carbocycles. The molecule has 1 atom stereocenters. The minimum atomic E-state index is 0.338. The van der Waals surface area contributed by atoms with Crippen LogP contribution >= 0.6 is 0 Å². The van der Waals surface area contributed by atoms with Gasteiger partial charge in [0.15, 0.2) is 0 Å². The van der Waals surface area contributed by atoms with Gasteiger partial charge in [-0.15, -0.1) is 0 Å². The summed E-state index contributed by atoms with van der Waals surface area (Å²) in [6.45, 7) is 8.55. The van der Waals surface area contributed by atoms with Crippen LogP contribution in [0.3, 0.4) is 0 Å². The van der Waals surface area contributed by atoms with Gasteiger partial charge in [0.05, 0.1) is 17.6 Å². The van der Waals surface area contributed by atoms with Gasteiger partial charge in [-0.2, -0.15) is 0 Å². The third-order valence-corrected chi connectivity index (χ3v) is 3.38. The minimum absolute atomic E-state index is 0.338. The zero-order valence-corrected chi connectivity index (χ0v) is 11.1. The van der Waals surface area contributed by atoms with Crippen molar-refractivity contribution in [2.45, 2.75) is 45.7 Å². The second-order valence-electron chi connectivity index (χ2n) is 4.74. The van der Waals surface area contributed by atoms with Crippen LogP contribution in [0.1, 0.15) is 45.3 Å². The van der Waals surface area contributed by atoms with E-state index in [4.69, 9.17) is 0 Å². The van der Waals surface area contributed by atoms with Crippen molar-refractivity contribution in [3.8, 4) is 0 Å². The van der Waals surface area contributed by atoms with Crippen molar-refractivity contribution < 1.29 is 0 Å². The SMILES string of the molecule is CCNC(C)c1ccc(N(CC)C2CC2)cn1. The molecule has 0 aliphatic heterocycles. The van der Waals surface area contributed by atoms with Crippen LogP contribution in [-0.4, -0.2) is 24.1 Å². The van der Waals surface area contributed by atoms with Gasteiger partial charge in [-0.05, 0) is 45.4 Å². The Labute approximate surface area is 104 Å². The second-order valence-corrected chi connectivity index (χ2v) is 4.74. The molecule has 0 spiro atoms. The summed E-state index contributed by atoms with van der Waals surface area (Å²) in [5.41, 5.74) is 2.39. The lowest BCUT2D eigenvalue weighted by atomic mass is 10.2. The molecule has 1 saturated carbocycles. The second kappa shape index (κ2) is 5.50. The summed E-state index contributed by atoms with van der Waals surface area (Å²) >= 11 is 0. The molecule has 1 N–H and O–H groups in total. The van der Waals surface area contributed by atoms with Gasteiger partial charge in [0.25, 0.3) is 0 Å². The maximum Gasteiger partial charge on any atom is 0.0572 e. The molecule has 3 nitrogen and oxygen atoms in total. The number of pyridine rings is 1. The number of aromatic nitrogens is 1. The first-order chi connectivity index (χ1) is 8.26. The molecular weight excluding hydrogens is 210 g/mol. The van der Waals surface area contributed by atoms with Crippen molar-refractivity contribution in [1.82, 2.24) is 10.3 Å². The first-order valence-corrected chi connectivity index (χ1v) is 6.72. The van der Waals surface area contributed by atoms with Crippen LogP contribution in [0.15, 0.2) is 18.3 Å². The molecule has 0 aromatic carbocycles. The maximum absolute atomic E-state index is 4.57. The smallest absolute Gasteiger partial charge is 0.0572 e. The Morgan fingerprint density at radius 3 is 2.65 bits per heavy atom. The van der Waals surface area contributed by atoms with Crippen LogP contribution in [0, 0.1) is 0 Å². The van der Waals surface area contributed by atoms with E-state index >= 15 is 0 Å². The Balaban J connectivity index is 2.06. The Bertz CT molecular complexity index is 343. The van der Waals surface area contributed by atoms with Gasteiger partial charge in [-0.25, -0.2) is 0 Å². The van der Waals surface area contributed by atoms with Gasteiger partial charge in [0.1, 0.15) is 0 Å². The summed E-state index contributed by atoms with van der Waals surface area (Å²) in [7, 11) is 0. The third-order valence-electron chi connectivity index (χ3n) is 3.38. The molecule has 17 heavy (non-hydrogen) atoms. The van der Waals surface area contributed by atoms with Gasteiger partial charge in [-0.1, -0.05) is 6.92 Å². The van der Waals surface area contributed by atoms with Gasteiger partial charge in [-0.3, -0.25) is 4.98 Å². The molecule has 0 saturated heterocycles. The maximum atomic E-state index is 4.57. The number of hydrogen-bond donors (Lipinski definition) is 1. The van der Waals surface area contributed by atoms with Gasteiger partial charge >= 0.3 is 0 Å². The first kappa shape index (κ1) is 12.4. The van der Waals surface area contributed by atoms with Crippen molar-refractivity contribution >= 4 is 5.69 Å². The number of nitrogens with zero attached hydrogens (tertiary/aromatic N) is 2. The van der Waals surface area contributed by atoms with E-state index in [0.29, 0.717) is 6.04 Å². The van der Waals surface area contributed by atoms with Crippen LogP contribution in [0.4, 0.5) is 5.69 Å². The average Bonchev–Trinajstić information content (AvgIpc) is 3.16. The molecule has 1 unspecified atom stereocenters. The normalized spacial score (nSPS) is 16.9. The number of nitrogens with one attached hydrogen (secondary N) is 1. The van der Waals surface area contributed by atoms with E-state index in [1.807, 2.05) is 6.20 Å². The highest BCUT2D eigenvalue weighted by Gasteiger charge is 2.28. The van der Waals surface area contributed by atoms with Gasteiger partial charge in [0.2, 0.25) is 0 Å². The van der Waals surface area contributed by atoms with Crippen LogP contribution in [0.5, 0.6) is 0 Å². The highest BCUT2D eigenvalue weighted by molar-refractivity contribution is 5.47. The summed E-state index contributed by atoms with van der Waals surface area (Å²) in [5, 5.41) is 3.38. The first-order valence-electron chi connectivity index (χ1n) is 6.72. The Morgan fingerprint density at radius 1 is 1.41 bits per heavy atom. The minimum Gasteiger partial charge on any atom is -0.368 e. The lowest BCUT2D eigenvalue weighted by Gasteiger charge is -2.23. The van der Waals surface area contributed by atoms with Gasteiger partial charge in [0, 0.05) is 18.6 Å². The Kier molecular flexibility index (Phi) is 4.00. The van der Waals surface area contributed by atoms with E-state index in [1.54, 1.807) is 0 Å². The molecule has 0 radical (unpaired) electrons. The summed E-state index contributed by atoms with van der Waals surface area (Å²) in [6.07, 6.45) is 4.69. The Hall–Kier alpha value is -1.09. The van der Waals surface area contributed by atoms with Crippen molar-refractivity contribution in [2.75, 3.05) is 18.0 Å². The van der Waals surface area contributed by atoms with E-state index in [-0.39, 0.29) is 0 Å². The van der Waals surface area contributed by atoms with E-state index in [9.17, 15) is 0 Å². The third kappa shape index (κ3) is 2.97. The van der Waals surface area contributed by atoms with Crippen molar-refractivity contribution in [3.05, 3.63) is 24.0 Å². The standard InChI is InChI=1S/C14H23N3/c1-4-15-11(3)14-9-8-13(10-16-14)17(5-2)12-6-7-12/h8-12,15H,4-7H2,1-3H3. The fraction of sp³-hybridized carbons (Fsp3) is 0.643. The van der Waals surface area contributed by atoms with Crippen molar-refractivity contribution in [2.24, 2.45) is 0 Å². The number of anilines is 1. The molecule has 1 heterocycles. The van der Waals surface area contributed by atoms with Crippen LogP contribution in [0.25, 0.3) is 0 Å². The molecular formula is C14H23N3. The molecule has 0 bridgehead atoms. The average molecular weight is 233 g/mol. The predicted molar refractivity (Wildman–Crippen MR) is 72.4 cm³/mol. The molecule has 0 amide bonds. The molecule has 1 fully saturated rings. The lowest BCUT2D eigenvalue weighted by Crippen LogP contribution is -2.25. The fourth-order valence-electron chi connectivity index (χ4n) is 2.27. The van der Waals surface area contributed by atoms with E-state index in [0.717, 1.165) is 24.8 Å². The quantitative estimate of drug-likeness (QED) is 0.819. The predicted octanol–water partition coefficient (Wildman–Crippen LogP) is 2.74. The topological polar surface area (TPSA) is 28.2 Å². The highest BCUT2D eigenvalue weighted by Crippen LogP contribution is 2.31. The number of rotatable bonds is 6. The van der Waals surface area contributed by atoms with Crippen LogP contribution in [-0.2, 0) is 0 Å². The Morgan fingerprint density at radius 2 is 2.18 bits per heavy atom. The van der Waals surface area contributed by atoms with Crippen molar-refractivity contribution in [1.29, 1.82) is 0 Å². The van der Waals surface area contributed by atoms with E-state index in [1.165, 1.54) is 18.5 Å². The number of hydrogen-bond acceptors (Lipinski definition) is 3.